The largest absolute Gasteiger partial charge is 0.270 e. The Morgan fingerprint density at radius 1 is 0.967 bits per heavy atom. The van der Waals surface area contributed by atoms with E-state index in [0.717, 1.165) is 17.0 Å². The number of nitrogens with one attached hydrogen (secondary N) is 2. The van der Waals surface area contributed by atoms with Gasteiger partial charge in [-0.2, -0.15) is 0 Å². The molecule has 2 N–H and O–H groups in total. The zero-order chi connectivity index (χ0) is 21.7. The Kier molecular flexibility index (Phi) is 7.17. The Labute approximate surface area is 185 Å². The van der Waals surface area contributed by atoms with E-state index in [2.05, 4.69) is 36.7 Å². The van der Waals surface area contributed by atoms with E-state index in [1.807, 2.05) is 32.0 Å². The summed E-state index contributed by atoms with van der Waals surface area (Å²) < 4.78 is 13.4. The second kappa shape index (κ2) is 9.82. The van der Waals surface area contributed by atoms with Gasteiger partial charge >= 0.3 is 0 Å². The Bertz CT molecular complexity index is 1070. The number of amides is 2. The van der Waals surface area contributed by atoms with Crippen LogP contribution in [0.15, 0.2) is 58.2 Å². The molecule has 0 aliphatic carbocycles. The highest BCUT2D eigenvalue weighted by molar-refractivity contribution is 9.10. The van der Waals surface area contributed by atoms with Crippen LogP contribution in [0.3, 0.4) is 0 Å². The minimum atomic E-state index is -0.559. The summed E-state index contributed by atoms with van der Waals surface area (Å²) in [5.41, 5.74) is 8.13. The van der Waals surface area contributed by atoms with Crippen molar-refractivity contribution in [1.82, 2.24) is 20.8 Å². The predicted octanol–water partition coefficient (Wildman–Crippen LogP) is 4.36. The average molecular weight is 489 g/mol. The fourth-order valence-corrected chi connectivity index (χ4v) is 4.02. The van der Waals surface area contributed by atoms with E-state index in [1.54, 1.807) is 12.1 Å². The summed E-state index contributed by atoms with van der Waals surface area (Å²) in [6, 6.07) is 12.6. The van der Waals surface area contributed by atoms with Gasteiger partial charge in [0.05, 0.1) is 5.56 Å². The topological polar surface area (TPSA) is 84.0 Å². The van der Waals surface area contributed by atoms with Crippen molar-refractivity contribution < 1.29 is 14.0 Å². The standard InChI is InChI=1S/C21H18BrFN4O2S/c1-12-9-13(2)25-21(24-12)30-11-14-3-5-15(6-4-14)19(28)26-27-20(29)17-8-7-16(23)10-18(17)22/h3-10H,11H2,1-2H3,(H,26,28)(H,27,29). The lowest BCUT2D eigenvalue weighted by Gasteiger charge is -2.09. The molecule has 9 heteroatoms. The van der Waals surface area contributed by atoms with E-state index in [1.165, 1.54) is 30.0 Å². The van der Waals surface area contributed by atoms with Crippen molar-refractivity contribution in [2.24, 2.45) is 0 Å². The Balaban J connectivity index is 1.55. The number of hydrogen-bond donors (Lipinski definition) is 2. The minimum Gasteiger partial charge on any atom is -0.267 e. The second-order valence-electron chi connectivity index (χ2n) is 6.45. The van der Waals surface area contributed by atoms with Crippen molar-refractivity contribution in [1.29, 1.82) is 0 Å². The number of rotatable bonds is 5. The molecule has 0 unspecified atom stereocenters. The summed E-state index contributed by atoms with van der Waals surface area (Å²) in [5.74, 6) is -0.819. The zero-order valence-electron chi connectivity index (χ0n) is 16.2. The van der Waals surface area contributed by atoms with Crippen LogP contribution < -0.4 is 10.9 Å². The van der Waals surface area contributed by atoms with Crippen molar-refractivity contribution in [2.45, 2.75) is 24.8 Å². The van der Waals surface area contributed by atoms with E-state index in [9.17, 15) is 14.0 Å². The van der Waals surface area contributed by atoms with Gasteiger partial charge in [-0.3, -0.25) is 20.4 Å². The quantitative estimate of drug-likeness (QED) is 0.316. The van der Waals surface area contributed by atoms with Crippen molar-refractivity contribution in [3.8, 4) is 0 Å². The third-order valence-corrected chi connectivity index (χ3v) is 5.59. The molecule has 0 atom stereocenters. The molecule has 30 heavy (non-hydrogen) atoms. The van der Waals surface area contributed by atoms with Crippen molar-refractivity contribution in [3.63, 3.8) is 0 Å². The molecular formula is C21H18BrFN4O2S. The van der Waals surface area contributed by atoms with Gasteiger partial charge in [0.25, 0.3) is 11.8 Å². The number of carbonyl (C=O) groups excluding carboxylic acids is 2. The molecule has 0 saturated carbocycles. The molecule has 1 aromatic heterocycles. The van der Waals surface area contributed by atoms with Crippen LogP contribution in [-0.2, 0) is 5.75 Å². The molecule has 0 aliphatic heterocycles. The molecule has 154 valence electrons. The van der Waals surface area contributed by atoms with Crippen LogP contribution in [0.2, 0.25) is 0 Å². The van der Waals surface area contributed by atoms with Gasteiger partial charge in [0.2, 0.25) is 0 Å². The van der Waals surface area contributed by atoms with E-state index >= 15 is 0 Å². The van der Waals surface area contributed by atoms with Gasteiger partial charge in [0.15, 0.2) is 5.16 Å². The van der Waals surface area contributed by atoms with Crippen molar-refractivity contribution in [3.05, 3.63) is 86.9 Å². The first-order chi connectivity index (χ1) is 14.3. The number of hydrogen-bond acceptors (Lipinski definition) is 5. The molecule has 1 heterocycles. The molecule has 3 aromatic rings. The van der Waals surface area contributed by atoms with Gasteiger partial charge in [-0.15, -0.1) is 0 Å². The number of aryl methyl sites for hydroxylation is 2. The third kappa shape index (κ3) is 5.87. The van der Waals surface area contributed by atoms with E-state index in [-0.39, 0.29) is 5.56 Å². The molecule has 0 saturated heterocycles. The van der Waals surface area contributed by atoms with Crippen LogP contribution in [0.4, 0.5) is 4.39 Å². The van der Waals surface area contributed by atoms with Gasteiger partial charge in [0, 0.05) is 27.2 Å². The van der Waals surface area contributed by atoms with Crippen LogP contribution in [0.25, 0.3) is 0 Å². The summed E-state index contributed by atoms with van der Waals surface area (Å²) in [6.45, 7) is 3.86. The molecule has 3 rings (SSSR count). The molecule has 6 nitrogen and oxygen atoms in total. The van der Waals surface area contributed by atoms with Crippen LogP contribution in [-0.4, -0.2) is 21.8 Å². The molecule has 0 radical (unpaired) electrons. The molecule has 2 aromatic carbocycles. The first kappa shape index (κ1) is 21.9. The second-order valence-corrected chi connectivity index (χ2v) is 8.25. The lowest BCUT2D eigenvalue weighted by Crippen LogP contribution is -2.41. The Morgan fingerprint density at radius 2 is 1.60 bits per heavy atom. The first-order valence-corrected chi connectivity index (χ1v) is 10.7. The van der Waals surface area contributed by atoms with Gasteiger partial charge in [-0.05, 0) is 71.7 Å². The highest BCUT2D eigenvalue weighted by Crippen LogP contribution is 2.20. The van der Waals surface area contributed by atoms with Crippen LogP contribution >= 0.6 is 27.7 Å². The van der Waals surface area contributed by atoms with Crippen molar-refractivity contribution in [2.75, 3.05) is 0 Å². The molecule has 2 amide bonds. The van der Waals surface area contributed by atoms with E-state index in [0.29, 0.717) is 20.9 Å². The number of benzene rings is 2. The maximum absolute atomic E-state index is 13.1. The number of aromatic nitrogens is 2. The summed E-state index contributed by atoms with van der Waals surface area (Å²) in [6.07, 6.45) is 0. The maximum atomic E-state index is 13.1. The summed E-state index contributed by atoms with van der Waals surface area (Å²) >= 11 is 4.64. The first-order valence-electron chi connectivity index (χ1n) is 8.91. The average Bonchev–Trinajstić information content (AvgIpc) is 2.70. The predicted molar refractivity (Wildman–Crippen MR) is 117 cm³/mol. The highest BCUT2D eigenvalue weighted by Gasteiger charge is 2.13. The van der Waals surface area contributed by atoms with Crippen LogP contribution in [0.5, 0.6) is 0 Å². The van der Waals surface area contributed by atoms with Crippen LogP contribution in [0.1, 0.15) is 37.7 Å². The van der Waals surface area contributed by atoms with Gasteiger partial charge in [0.1, 0.15) is 5.82 Å². The van der Waals surface area contributed by atoms with Gasteiger partial charge in [-0.1, -0.05) is 23.9 Å². The lowest BCUT2D eigenvalue weighted by molar-refractivity contribution is 0.0846. The van der Waals surface area contributed by atoms with Crippen LogP contribution in [0, 0.1) is 19.7 Å². The number of nitrogens with zero attached hydrogens (tertiary/aromatic N) is 2. The van der Waals surface area contributed by atoms with E-state index < -0.39 is 17.6 Å². The molecular weight excluding hydrogens is 471 g/mol. The lowest BCUT2D eigenvalue weighted by atomic mass is 10.1. The van der Waals surface area contributed by atoms with Gasteiger partial charge in [-0.25, -0.2) is 14.4 Å². The highest BCUT2D eigenvalue weighted by atomic mass is 79.9. The summed E-state index contributed by atoms with van der Waals surface area (Å²) in [4.78, 5) is 33.2. The minimum absolute atomic E-state index is 0.206. The molecule has 0 aliphatic rings. The fourth-order valence-electron chi connectivity index (χ4n) is 2.59. The zero-order valence-corrected chi connectivity index (χ0v) is 18.6. The Hall–Kier alpha value is -2.78. The van der Waals surface area contributed by atoms with Crippen molar-refractivity contribution >= 4 is 39.5 Å². The fraction of sp³-hybridized carbons (Fsp3) is 0.143. The SMILES string of the molecule is Cc1cc(C)nc(SCc2ccc(C(=O)NNC(=O)c3ccc(F)cc3Br)cc2)n1. The monoisotopic (exact) mass is 488 g/mol. The molecule has 0 spiro atoms. The summed E-state index contributed by atoms with van der Waals surface area (Å²) in [7, 11) is 0. The maximum Gasteiger partial charge on any atom is 0.270 e. The number of thioether (sulfide) groups is 1. The number of hydrazine groups is 1. The number of halogens is 2. The van der Waals surface area contributed by atoms with Gasteiger partial charge < -0.3 is 0 Å². The normalized spacial score (nSPS) is 10.5. The number of carbonyl (C=O) groups is 2. The smallest absolute Gasteiger partial charge is 0.267 e. The third-order valence-electron chi connectivity index (χ3n) is 4.01. The molecule has 0 bridgehead atoms. The summed E-state index contributed by atoms with van der Waals surface area (Å²) in [5, 5.41) is 0.712. The Morgan fingerprint density at radius 3 is 2.23 bits per heavy atom. The molecule has 0 fully saturated rings. The van der Waals surface area contributed by atoms with E-state index in [4.69, 9.17) is 0 Å².